The Balaban J connectivity index is 1.66. The van der Waals surface area contributed by atoms with Crippen molar-refractivity contribution < 1.29 is 18.7 Å². The summed E-state index contributed by atoms with van der Waals surface area (Å²) in [6, 6.07) is 17.6. The highest BCUT2D eigenvalue weighted by atomic mass is 35.5. The monoisotopic (exact) mass is 500 g/mol. The van der Waals surface area contributed by atoms with E-state index in [-0.39, 0.29) is 38.8 Å². The number of hydrogen-bond donors (Lipinski definition) is 1. The number of amides is 2. The molecule has 1 fully saturated rings. The minimum absolute atomic E-state index is 0.104. The SMILES string of the molecule is O=C1NC(=S)N(c2cccc(Cl)c2Cl)C(=O)/C1=C/c1ccccc1OCc1ccc(F)cc1. The summed E-state index contributed by atoms with van der Waals surface area (Å²) in [7, 11) is 0. The fraction of sp³-hybridized carbons (Fsp3) is 0.0417. The second-order valence-electron chi connectivity index (χ2n) is 6.98. The molecule has 3 aromatic rings. The van der Waals surface area contributed by atoms with E-state index in [4.69, 9.17) is 40.2 Å². The summed E-state index contributed by atoms with van der Waals surface area (Å²) < 4.78 is 19.0. The van der Waals surface area contributed by atoms with E-state index >= 15 is 0 Å². The van der Waals surface area contributed by atoms with Gasteiger partial charge in [0.05, 0.1) is 15.7 Å². The van der Waals surface area contributed by atoms with Crippen LogP contribution in [0.25, 0.3) is 6.08 Å². The Labute approximate surface area is 204 Å². The molecule has 0 radical (unpaired) electrons. The average molecular weight is 501 g/mol. The van der Waals surface area contributed by atoms with Crippen LogP contribution in [-0.2, 0) is 16.2 Å². The fourth-order valence-electron chi connectivity index (χ4n) is 3.17. The smallest absolute Gasteiger partial charge is 0.270 e. The molecule has 0 unspecified atom stereocenters. The van der Waals surface area contributed by atoms with Crippen molar-refractivity contribution in [2.24, 2.45) is 0 Å². The van der Waals surface area contributed by atoms with Crippen molar-refractivity contribution in [1.82, 2.24) is 5.32 Å². The highest BCUT2D eigenvalue weighted by Crippen LogP contribution is 2.34. The molecule has 2 amide bonds. The van der Waals surface area contributed by atoms with E-state index in [0.717, 1.165) is 10.5 Å². The van der Waals surface area contributed by atoms with E-state index in [1.165, 1.54) is 18.2 Å². The molecule has 166 valence electrons. The maximum absolute atomic E-state index is 13.3. The summed E-state index contributed by atoms with van der Waals surface area (Å²) in [6.45, 7) is 0.176. The second-order valence-corrected chi connectivity index (χ2v) is 8.16. The van der Waals surface area contributed by atoms with Gasteiger partial charge in [-0.3, -0.25) is 19.8 Å². The van der Waals surface area contributed by atoms with Crippen molar-refractivity contribution >= 4 is 64.1 Å². The van der Waals surface area contributed by atoms with Gasteiger partial charge in [0.2, 0.25) is 0 Å². The molecule has 9 heteroatoms. The number of nitrogens with one attached hydrogen (secondary N) is 1. The number of hydrogen-bond acceptors (Lipinski definition) is 4. The minimum Gasteiger partial charge on any atom is -0.488 e. The lowest BCUT2D eigenvalue weighted by Crippen LogP contribution is -2.54. The third-order valence-corrected chi connectivity index (χ3v) is 5.89. The summed E-state index contributed by atoms with van der Waals surface area (Å²) in [5, 5.41) is 2.78. The molecule has 0 bridgehead atoms. The Bertz CT molecular complexity index is 1300. The van der Waals surface area contributed by atoms with Crippen molar-refractivity contribution in [3.63, 3.8) is 0 Å². The zero-order valence-electron chi connectivity index (χ0n) is 16.8. The van der Waals surface area contributed by atoms with E-state index < -0.39 is 11.8 Å². The van der Waals surface area contributed by atoms with Gasteiger partial charge in [0.15, 0.2) is 5.11 Å². The number of thiocarbonyl (C=S) groups is 1. The normalized spacial score (nSPS) is 15.1. The Kier molecular flexibility index (Phi) is 6.74. The number of rotatable bonds is 5. The van der Waals surface area contributed by atoms with Crippen LogP contribution >= 0.6 is 35.4 Å². The van der Waals surface area contributed by atoms with Gasteiger partial charge in [-0.2, -0.15) is 0 Å². The molecule has 1 aliphatic heterocycles. The van der Waals surface area contributed by atoms with E-state index in [1.807, 2.05) is 0 Å². The molecule has 5 nitrogen and oxygen atoms in total. The molecule has 4 rings (SSSR count). The maximum atomic E-state index is 13.3. The Hall–Kier alpha value is -3.26. The number of anilines is 1. The third kappa shape index (κ3) is 4.90. The molecule has 0 spiro atoms. The van der Waals surface area contributed by atoms with Crippen LogP contribution in [0.3, 0.4) is 0 Å². The van der Waals surface area contributed by atoms with Gasteiger partial charge in [-0.15, -0.1) is 0 Å². The van der Waals surface area contributed by atoms with Gasteiger partial charge >= 0.3 is 0 Å². The lowest BCUT2D eigenvalue weighted by Gasteiger charge is -2.29. The van der Waals surface area contributed by atoms with Crippen LogP contribution in [0.5, 0.6) is 5.75 Å². The molecular weight excluding hydrogens is 486 g/mol. The van der Waals surface area contributed by atoms with Crippen molar-refractivity contribution in [3.05, 3.63) is 99.3 Å². The molecule has 0 saturated carbocycles. The summed E-state index contributed by atoms with van der Waals surface area (Å²) in [4.78, 5) is 27.0. The maximum Gasteiger partial charge on any atom is 0.270 e. The van der Waals surface area contributed by atoms with Crippen LogP contribution in [0.1, 0.15) is 11.1 Å². The minimum atomic E-state index is -0.652. The summed E-state index contributed by atoms with van der Waals surface area (Å²) in [5.41, 5.74) is 1.36. The van der Waals surface area contributed by atoms with E-state index in [1.54, 1.807) is 54.6 Å². The molecule has 1 N–H and O–H groups in total. The Morgan fingerprint density at radius 2 is 1.73 bits per heavy atom. The Morgan fingerprint density at radius 3 is 2.48 bits per heavy atom. The molecule has 0 atom stereocenters. The van der Waals surface area contributed by atoms with Crippen molar-refractivity contribution in [2.45, 2.75) is 6.61 Å². The van der Waals surface area contributed by atoms with Crippen LogP contribution in [-0.4, -0.2) is 16.9 Å². The van der Waals surface area contributed by atoms with Gasteiger partial charge in [-0.05, 0) is 54.2 Å². The fourth-order valence-corrected chi connectivity index (χ4v) is 3.82. The van der Waals surface area contributed by atoms with Gasteiger partial charge in [0, 0.05) is 5.56 Å². The number of ether oxygens (including phenoxy) is 1. The van der Waals surface area contributed by atoms with Crippen LogP contribution in [0.4, 0.5) is 10.1 Å². The first-order valence-corrected chi connectivity index (χ1v) is 10.8. The van der Waals surface area contributed by atoms with Crippen molar-refractivity contribution in [2.75, 3.05) is 4.90 Å². The van der Waals surface area contributed by atoms with Crippen molar-refractivity contribution in [1.29, 1.82) is 0 Å². The lowest BCUT2D eigenvalue weighted by molar-refractivity contribution is -0.122. The summed E-state index contributed by atoms with van der Waals surface area (Å²) in [6.07, 6.45) is 1.42. The molecule has 3 aromatic carbocycles. The topological polar surface area (TPSA) is 58.6 Å². The zero-order valence-corrected chi connectivity index (χ0v) is 19.2. The molecule has 33 heavy (non-hydrogen) atoms. The van der Waals surface area contributed by atoms with Crippen LogP contribution in [0.2, 0.25) is 10.0 Å². The first-order valence-electron chi connectivity index (χ1n) is 9.67. The first kappa shape index (κ1) is 22.9. The predicted molar refractivity (Wildman–Crippen MR) is 130 cm³/mol. The highest BCUT2D eigenvalue weighted by molar-refractivity contribution is 7.80. The van der Waals surface area contributed by atoms with Gasteiger partial charge in [0.1, 0.15) is 23.7 Å². The molecule has 0 aliphatic carbocycles. The van der Waals surface area contributed by atoms with E-state index in [2.05, 4.69) is 5.32 Å². The van der Waals surface area contributed by atoms with Crippen LogP contribution in [0, 0.1) is 5.82 Å². The van der Waals surface area contributed by atoms with Crippen LogP contribution < -0.4 is 15.0 Å². The Morgan fingerprint density at radius 1 is 1.00 bits per heavy atom. The number of benzene rings is 3. The molecule has 0 aromatic heterocycles. The van der Waals surface area contributed by atoms with Gasteiger partial charge < -0.3 is 4.74 Å². The first-order chi connectivity index (χ1) is 15.8. The molecule has 1 heterocycles. The second kappa shape index (κ2) is 9.70. The highest BCUT2D eigenvalue weighted by Gasteiger charge is 2.35. The largest absolute Gasteiger partial charge is 0.488 e. The summed E-state index contributed by atoms with van der Waals surface area (Å²) >= 11 is 17.6. The molecule has 1 saturated heterocycles. The number of nitrogens with zero attached hydrogens (tertiary/aromatic N) is 1. The van der Waals surface area contributed by atoms with Crippen LogP contribution in [0.15, 0.2) is 72.3 Å². The predicted octanol–water partition coefficient (Wildman–Crippen LogP) is 5.54. The lowest BCUT2D eigenvalue weighted by atomic mass is 10.1. The zero-order chi connectivity index (χ0) is 23.5. The molecule has 1 aliphatic rings. The average Bonchev–Trinajstić information content (AvgIpc) is 2.79. The quantitative estimate of drug-likeness (QED) is 0.283. The van der Waals surface area contributed by atoms with Crippen molar-refractivity contribution in [3.8, 4) is 5.75 Å². The summed E-state index contributed by atoms with van der Waals surface area (Å²) in [5.74, 6) is -1.20. The van der Waals surface area contributed by atoms with Gasteiger partial charge in [-0.25, -0.2) is 4.39 Å². The number of halogens is 3. The number of carbonyl (C=O) groups excluding carboxylic acids is 2. The van der Waals surface area contributed by atoms with E-state index in [9.17, 15) is 14.0 Å². The molecular formula is C24H15Cl2FN2O3S. The van der Waals surface area contributed by atoms with E-state index in [0.29, 0.717) is 11.3 Å². The third-order valence-electron chi connectivity index (χ3n) is 4.80. The number of para-hydroxylation sites is 1. The van der Waals surface area contributed by atoms with Gasteiger partial charge in [0.25, 0.3) is 11.8 Å². The van der Waals surface area contributed by atoms with Gasteiger partial charge in [-0.1, -0.05) is 59.6 Å². The number of carbonyl (C=O) groups is 2. The standard InChI is InChI=1S/C24H15Cl2FN2O3S/c25-18-5-3-6-19(21(18)26)29-23(31)17(22(30)28-24(29)33)12-15-4-1-2-7-20(15)32-13-14-8-10-16(27)11-9-14/h1-12H,13H2,(H,28,30,33)/b17-12+.